The second kappa shape index (κ2) is 8.44. The Morgan fingerprint density at radius 1 is 1.23 bits per heavy atom. The maximum atomic E-state index is 12.0. The summed E-state index contributed by atoms with van der Waals surface area (Å²) >= 11 is 10.7. The van der Waals surface area contributed by atoms with Gasteiger partial charge in [0.25, 0.3) is 5.91 Å². The zero-order valence-corrected chi connectivity index (χ0v) is 16.3. The van der Waals surface area contributed by atoms with Crippen LogP contribution < -0.4 is 5.43 Å². The molecule has 0 aliphatic heterocycles. The molecule has 0 aliphatic rings. The molecule has 1 amide bonds. The number of halogens is 2. The van der Waals surface area contributed by atoms with Crippen molar-refractivity contribution in [1.82, 2.24) is 5.43 Å². The van der Waals surface area contributed by atoms with Crippen LogP contribution in [0.3, 0.4) is 0 Å². The van der Waals surface area contributed by atoms with Crippen molar-refractivity contribution >= 4 is 51.4 Å². The largest absolute Gasteiger partial charge is 0.507 e. The first-order valence-corrected chi connectivity index (χ1v) is 9.36. The molecule has 132 valence electrons. The molecule has 0 saturated heterocycles. The van der Waals surface area contributed by atoms with Crippen LogP contribution in [0.1, 0.15) is 16.1 Å². The summed E-state index contributed by atoms with van der Waals surface area (Å²) in [5.41, 5.74) is 2.49. The van der Waals surface area contributed by atoms with Gasteiger partial charge >= 0.3 is 0 Å². The van der Waals surface area contributed by atoms with Crippen molar-refractivity contribution in [3.8, 4) is 5.75 Å². The molecule has 2 N–H and O–H groups in total. The molecule has 3 aromatic rings. The molecular formula is C18H12BrClN2O3S. The zero-order chi connectivity index (χ0) is 18.5. The summed E-state index contributed by atoms with van der Waals surface area (Å²) in [6.07, 6.45) is 1.38. The highest BCUT2D eigenvalue weighted by molar-refractivity contribution is 9.10. The number of hydrogen-bond acceptors (Lipinski definition) is 5. The third-order valence-corrected chi connectivity index (χ3v) is 5.31. The van der Waals surface area contributed by atoms with Crippen LogP contribution in [0.2, 0.25) is 5.02 Å². The van der Waals surface area contributed by atoms with E-state index in [9.17, 15) is 9.90 Å². The number of rotatable bonds is 5. The number of phenolic OH excluding ortho intramolecular Hbond substituents is 1. The smallest absolute Gasteiger partial charge is 0.275 e. The molecule has 0 fully saturated rings. The Morgan fingerprint density at radius 3 is 2.69 bits per heavy atom. The quantitative estimate of drug-likeness (QED) is 0.407. The predicted molar refractivity (Wildman–Crippen MR) is 105 cm³/mol. The highest BCUT2D eigenvalue weighted by atomic mass is 79.9. The van der Waals surface area contributed by atoms with E-state index in [0.29, 0.717) is 15.9 Å². The van der Waals surface area contributed by atoms with Crippen molar-refractivity contribution in [1.29, 1.82) is 0 Å². The minimum atomic E-state index is -0.513. The Labute approximate surface area is 167 Å². The number of para-hydroxylation sites is 1. The third kappa shape index (κ3) is 4.69. The topological polar surface area (TPSA) is 74.8 Å². The number of aromatic hydroxyl groups is 1. The summed E-state index contributed by atoms with van der Waals surface area (Å²) < 4.78 is 6.46. The fraction of sp³-hybridized carbons (Fsp3) is 0. The Bertz CT molecular complexity index is 957. The van der Waals surface area contributed by atoms with Gasteiger partial charge in [-0.3, -0.25) is 4.79 Å². The molecular weight excluding hydrogens is 440 g/mol. The number of carbonyl (C=O) groups is 1. The standard InChI is InChI=1S/C18H12BrClN2O3S/c19-15-9-12(25-18(15)26-13-7-5-11(20)6-8-13)10-21-22-17(24)14-3-1-2-4-16(14)23/h1-10,23H,(H,22,24). The molecule has 5 nitrogen and oxygen atoms in total. The summed E-state index contributed by atoms with van der Waals surface area (Å²) in [6.45, 7) is 0. The first-order chi connectivity index (χ1) is 12.5. The molecule has 26 heavy (non-hydrogen) atoms. The van der Waals surface area contributed by atoms with E-state index in [4.69, 9.17) is 16.0 Å². The zero-order valence-electron chi connectivity index (χ0n) is 13.1. The highest BCUT2D eigenvalue weighted by Crippen LogP contribution is 2.35. The minimum Gasteiger partial charge on any atom is -0.507 e. The predicted octanol–water partition coefficient (Wildman–Crippen LogP) is 5.32. The van der Waals surface area contributed by atoms with Crippen LogP contribution in [0.4, 0.5) is 0 Å². The van der Waals surface area contributed by atoms with E-state index in [2.05, 4.69) is 26.5 Å². The van der Waals surface area contributed by atoms with Gasteiger partial charge in [-0.1, -0.05) is 35.5 Å². The summed E-state index contributed by atoms with van der Waals surface area (Å²) in [5, 5.41) is 14.8. The normalized spacial score (nSPS) is 11.0. The van der Waals surface area contributed by atoms with Gasteiger partial charge < -0.3 is 9.52 Å². The minimum absolute atomic E-state index is 0.109. The molecule has 2 aromatic carbocycles. The van der Waals surface area contributed by atoms with E-state index in [0.717, 1.165) is 9.37 Å². The lowest BCUT2D eigenvalue weighted by Crippen LogP contribution is -2.17. The SMILES string of the molecule is O=C(NN=Cc1cc(Br)c(Sc2ccc(Cl)cc2)o1)c1ccccc1O. The number of nitrogens with one attached hydrogen (secondary N) is 1. The maximum Gasteiger partial charge on any atom is 0.275 e. The summed E-state index contributed by atoms with van der Waals surface area (Å²) in [5.74, 6) is -0.158. The van der Waals surface area contributed by atoms with Crippen LogP contribution in [0.5, 0.6) is 5.75 Å². The van der Waals surface area contributed by atoms with Crippen LogP contribution in [0, 0.1) is 0 Å². The number of benzene rings is 2. The van der Waals surface area contributed by atoms with Crippen LogP contribution in [-0.4, -0.2) is 17.2 Å². The number of phenols is 1. The maximum absolute atomic E-state index is 12.0. The summed E-state index contributed by atoms with van der Waals surface area (Å²) in [6, 6.07) is 15.4. The van der Waals surface area contributed by atoms with E-state index >= 15 is 0 Å². The molecule has 0 radical (unpaired) electrons. The second-order valence-corrected chi connectivity index (χ2v) is 7.39. The number of furan rings is 1. The molecule has 0 saturated carbocycles. The molecule has 8 heteroatoms. The number of hydrogen-bond donors (Lipinski definition) is 2. The molecule has 0 aliphatic carbocycles. The van der Waals surface area contributed by atoms with Crippen LogP contribution in [0.25, 0.3) is 0 Å². The number of carbonyl (C=O) groups excluding carboxylic acids is 1. The van der Waals surface area contributed by atoms with Crippen molar-refractivity contribution in [2.75, 3.05) is 0 Å². The van der Waals surface area contributed by atoms with Gasteiger partial charge in [0.2, 0.25) is 0 Å². The van der Waals surface area contributed by atoms with Crippen LogP contribution in [-0.2, 0) is 0 Å². The Hall–Kier alpha value is -2.22. The summed E-state index contributed by atoms with van der Waals surface area (Å²) in [4.78, 5) is 12.9. The van der Waals surface area contributed by atoms with Crippen molar-refractivity contribution in [3.63, 3.8) is 0 Å². The fourth-order valence-electron chi connectivity index (χ4n) is 1.99. The van der Waals surface area contributed by atoms with Crippen molar-refractivity contribution in [2.24, 2.45) is 5.10 Å². The number of hydrazone groups is 1. The molecule has 0 bridgehead atoms. The van der Waals surface area contributed by atoms with Gasteiger partial charge in [0.05, 0.1) is 16.3 Å². The average molecular weight is 452 g/mol. The van der Waals surface area contributed by atoms with Crippen molar-refractivity contribution in [2.45, 2.75) is 9.99 Å². The van der Waals surface area contributed by atoms with Crippen LogP contribution in [0.15, 0.2) is 78.6 Å². The van der Waals surface area contributed by atoms with Crippen molar-refractivity contribution < 1.29 is 14.3 Å². The van der Waals surface area contributed by atoms with Gasteiger partial charge in [-0.05, 0) is 52.3 Å². The van der Waals surface area contributed by atoms with E-state index in [1.165, 1.54) is 30.1 Å². The summed E-state index contributed by atoms with van der Waals surface area (Å²) in [7, 11) is 0. The lowest BCUT2D eigenvalue weighted by Gasteiger charge is -2.01. The fourth-order valence-corrected chi connectivity index (χ4v) is 3.45. The molecule has 1 heterocycles. The first-order valence-electron chi connectivity index (χ1n) is 7.37. The van der Waals surface area contributed by atoms with Gasteiger partial charge in [0, 0.05) is 16.0 Å². The second-order valence-electron chi connectivity index (χ2n) is 5.06. The molecule has 0 unspecified atom stereocenters. The molecule has 1 aromatic heterocycles. The Balaban J connectivity index is 1.65. The molecule has 0 atom stereocenters. The third-order valence-electron chi connectivity index (χ3n) is 3.21. The first kappa shape index (κ1) is 18.6. The van der Waals surface area contributed by atoms with Gasteiger partial charge in [0.1, 0.15) is 11.5 Å². The Morgan fingerprint density at radius 2 is 1.96 bits per heavy atom. The van der Waals surface area contributed by atoms with Gasteiger partial charge in [-0.15, -0.1) is 0 Å². The van der Waals surface area contributed by atoms with E-state index in [1.807, 2.05) is 12.1 Å². The highest BCUT2D eigenvalue weighted by Gasteiger charge is 2.11. The Kier molecular flexibility index (Phi) is 6.03. The van der Waals surface area contributed by atoms with E-state index < -0.39 is 5.91 Å². The monoisotopic (exact) mass is 450 g/mol. The number of nitrogens with zero attached hydrogens (tertiary/aromatic N) is 1. The molecule has 3 rings (SSSR count). The lowest BCUT2D eigenvalue weighted by molar-refractivity contribution is 0.0952. The van der Waals surface area contributed by atoms with Gasteiger partial charge in [-0.25, -0.2) is 5.43 Å². The molecule has 0 spiro atoms. The van der Waals surface area contributed by atoms with Crippen molar-refractivity contribution in [3.05, 3.63) is 75.4 Å². The van der Waals surface area contributed by atoms with E-state index in [-0.39, 0.29) is 11.3 Å². The van der Waals surface area contributed by atoms with Gasteiger partial charge in [-0.2, -0.15) is 5.10 Å². The van der Waals surface area contributed by atoms with Crippen LogP contribution >= 0.6 is 39.3 Å². The number of amides is 1. The average Bonchev–Trinajstić information content (AvgIpc) is 2.96. The lowest BCUT2D eigenvalue weighted by atomic mass is 10.2. The van der Waals surface area contributed by atoms with Gasteiger partial charge in [0.15, 0.2) is 5.09 Å². The van der Waals surface area contributed by atoms with E-state index in [1.54, 1.807) is 30.3 Å².